The first-order valence-corrected chi connectivity index (χ1v) is 10.5. The first-order valence-electron chi connectivity index (χ1n) is 10.2. The lowest BCUT2D eigenvalue weighted by Crippen LogP contribution is -2.37. The van der Waals surface area contributed by atoms with E-state index in [1.54, 1.807) is 4.52 Å². The second-order valence-electron chi connectivity index (χ2n) is 7.74. The van der Waals surface area contributed by atoms with Crippen LogP contribution in [0.15, 0.2) is 24.3 Å². The largest absolute Gasteiger partial charge is 0.366 e. The van der Waals surface area contributed by atoms with Crippen LogP contribution in [0.5, 0.6) is 0 Å². The summed E-state index contributed by atoms with van der Waals surface area (Å²) >= 11 is 6.21. The molecule has 0 spiro atoms. The molecular formula is C21H26ClN7O. The number of halogens is 1. The molecule has 9 heteroatoms. The van der Waals surface area contributed by atoms with Crippen molar-refractivity contribution in [2.24, 2.45) is 0 Å². The van der Waals surface area contributed by atoms with Crippen LogP contribution >= 0.6 is 11.6 Å². The molecule has 3 heterocycles. The van der Waals surface area contributed by atoms with Gasteiger partial charge in [-0.15, -0.1) is 5.10 Å². The van der Waals surface area contributed by atoms with Crippen LogP contribution < -0.4 is 11.1 Å². The second-order valence-corrected chi connectivity index (χ2v) is 8.17. The normalized spacial score (nSPS) is 15.6. The zero-order valence-electron chi connectivity index (χ0n) is 17.2. The number of rotatable bonds is 6. The van der Waals surface area contributed by atoms with Crippen molar-refractivity contribution in [1.82, 2.24) is 29.8 Å². The quantitative estimate of drug-likeness (QED) is 0.626. The number of anilines is 1. The lowest BCUT2D eigenvalue weighted by molar-refractivity contribution is -0.120. The Morgan fingerprint density at radius 1 is 1.27 bits per heavy atom. The van der Waals surface area contributed by atoms with Crippen LogP contribution in [0.1, 0.15) is 41.4 Å². The van der Waals surface area contributed by atoms with Crippen molar-refractivity contribution in [3.63, 3.8) is 0 Å². The van der Waals surface area contributed by atoms with Crippen molar-refractivity contribution in [2.45, 2.75) is 39.2 Å². The SMILES string of the molecule is Cc1nc2nc(N)nn2c(C)c1CC(=O)NCC(c1cccc(Cl)c1)N1CCCC1. The maximum atomic E-state index is 12.8. The minimum absolute atomic E-state index is 0.0540. The number of amides is 1. The summed E-state index contributed by atoms with van der Waals surface area (Å²) in [7, 11) is 0. The average Bonchev–Trinajstić information content (AvgIpc) is 3.35. The van der Waals surface area contributed by atoms with Gasteiger partial charge in [-0.05, 0) is 57.5 Å². The summed E-state index contributed by atoms with van der Waals surface area (Å²) in [5.74, 6) is 0.560. The number of aromatic nitrogens is 4. The molecule has 1 aliphatic heterocycles. The first-order chi connectivity index (χ1) is 14.4. The average molecular weight is 428 g/mol. The van der Waals surface area contributed by atoms with Crippen molar-refractivity contribution in [3.8, 4) is 0 Å². The summed E-state index contributed by atoms with van der Waals surface area (Å²) in [6.07, 6.45) is 2.58. The molecule has 1 aliphatic rings. The van der Waals surface area contributed by atoms with Gasteiger partial charge in [-0.2, -0.15) is 9.50 Å². The minimum atomic E-state index is -0.0540. The molecule has 0 aliphatic carbocycles. The predicted molar refractivity (Wildman–Crippen MR) is 116 cm³/mol. The summed E-state index contributed by atoms with van der Waals surface area (Å²) in [5.41, 5.74) is 9.23. The summed E-state index contributed by atoms with van der Waals surface area (Å²) < 4.78 is 1.59. The van der Waals surface area contributed by atoms with E-state index in [9.17, 15) is 4.79 Å². The fourth-order valence-electron chi connectivity index (χ4n) is 4.14. The zero-order chi connectivity index (χ0) is 21.3. The Bertz CT molecular complexity index is 1070. The molecule has 3 N–H and O–H groups in total. The molecular weight excluding hydrogens is 402 g/mol. The van der Waals surface area contributed by atoms with Gasteiger partial charge in [0, 0.05) is 28.5 Å². The summed E-state index contributed by atoms with van der Waals surface area (Å²) in [6, 6.07) is 7.99. The van der Waals surface area contributed by atoms with Crippen molar-refractivity contribution in [2.75, 3.05) is 25.4 Å². The smallest absolute Gasteiger partial charge is 0.254 e. The number of aryl methyl sites for hydroxylation is 2. The molecule has 0 saturated carbocycles. The highest BCUT2D eigenvalue weighted by Crippen LogP contribution is 2.26. The van der Waals surface area contributed by atoms with Gasteiger partial charge in [-0.1, -0.05) is 23.7 Å². The number of carbonyl (C=O) groups is 1. The van der Waals surface area contributed by atoms with Crippen molar-refractivity contribution in [3.05, 3.63) is 51.8 Å². The molecule has 1 atom stereocenters. The third-order valence-corrected chi connectivity index (χ3v) is 5.95. The van der Waals surface area contributed by atoms with E-state index in [-0.39, 0.29) is 24.3 Å². The van der Waals surface area contributed by atoms with E-state index < -0.39 is 0 Å². The fraction of sp³-hybridized carbons (Fsp3) is 0.429. The monoisotopic (exact) mass is 427 g/mol. The van der Waals surface area contributed by atoms with Crippen LogP contribution in [0.3, 0.4) is 0 Å². The first kappa shape index (κ1) is 20.6. The van der Waals surface area contributed by atoms with Gasteiger partial charge < -0.3 is 11.1 Å². The number of hydrogen-bond donors (Lipinski definition) is 2. The highest BCUT2D eigenvalue weighted by molar-refractivity contribution is 6.30. The number of hydrogen-bond acceptors (Lipinski definition) is 6. The van der Waals surface area contributed by atoms with Gasteiger partial charge in [0.05, 0.1) is 12.5 Å². The van der Waals surface area contributed by atoms with Gasteiger partial charge >= 0.3 is 0 Å². The number of nitrogens with two attached hydrogens (primary N) is 1. The summed E-state index contributed by atoms with van der Waals surface area (Å²) in [6.45, 7) is 6.36. The maximum absolute atomic E-state index is 12.8. The van der Waals surface area contributed by atoms with Gasteiger partial charge in [0.2, 0.25) is 11.9 Å². The van der Waals surface area contributed by atoms with E-state index >= 15 is 0 Å². The summed E-state index contributed by atoms with van der Waals surface area (Å²) in [5, 5.41) is 7.99. The van der Waals surface area contributed by atoms with Crippen LogP contribution in [0.4, 0.5) is 5.95 Å². The maximum Gasteiger partial charge on any atom is 0.254 e. The molecule has 1 aromatic carbocycles. The Labute approximate surface area is 180 Å². The van der Waals surface area contributed by atoms with Crippen LogP contribution in [-0.2, 0) is 11.2 Å². The van der Waals surface area contributed by atoms with Crippen LogP contribution in [-0.4, -0.2) is 50.0 Å². The molecule has 0 radical (unpaired) electrons. The molecule has 4 rings (SSSR count). The lowest BCUT2D eigenvalue weighted by Gasteiger charge is -2.28. The molecule has 8 nitrogen and oxygen atoms in total. The van der Waals surface area contributed by atoms with Gasteiger partial charge in [0.25, 0.3) is 5.78 Å². The number of fused-ring (bicyclic) bond motifs is 1. The summed E-state index contributed by atoms with van der Waals surface area (Å²) in [4.78, 5) is 23.8. The highest BCUT2D eigenvalue weighted by atomic mass is 35.5. The predicted octanol–water partition coefficient (Wildman–Crippen LogP) is 2.47. The van der Waals surface area contributed by atoms with E-state index in [1.807, 2.05) is 32.0 Å². The molecule has 1 saturated heterocycles. The standard InChI is InChI=1S/C21H26ClN7O/c1-13-17(14(2)29-21(25-13)26-20(23)27-29)11-19(30)24-12-18(28-8-3-4-9-28)15-6-5-7-16(22)10-15/h5-7,10,18H,3-4,8-9,11-12H2,1-2H3,(H2,23,27)(H,24,30). The van der Waals surface area contributed by atoms with Crippen LogP contribution in [0.2, 0.25) is 5.02 Å². The Hall–Kier alpha value is -2.71. The van der Waals surface area contributed by atoms with E-state index in [0.29, 0.717) is 17.3 Å². The molecule has 0 bridgehead atoms. The topological polar surface area (TPSA) is 101 Å². The van der Waals surface area contributed by atoms with Crippen molar-refractivity contribution < 1.29 is 4.79 Å². The number of likely N-dealkylation sites (tertiary alicyclic amines) is 1. The highest BCUT2D eigenvalue weighted by Gasteiger charge is 2.24. The van der Waals surface area contributed by atoms with Crippen molar-refractivity contribution >= 4 is 29.2 Å². The number of nitrogens with zero attached hydrogens (tertiary/aromatic N) is 5. The van der Waals surface area contributed by atoms with E-state index in [1.165, 1.54) is 12.8 Å². The van der Waals surface area contributed by atoms with Gasteiger partial charge in [-0.25, -0.2) is 4.98 Å². The number of nitrogens with one attached hydrogen (secondary N) is 1. The van der Waals surface area contributed by atoms with Gasteiger partial charge in [-0.3, -0.25) is 9.69 Å². The molecule has 158 valence electrons. The zero-order valence-corrected chi connectivity index (χ0v) is 18.0. The molecule has 1 amide bonds. The second kappa shape index (κ2) is 8.57. The third kappa shape index (κ3) is 4.24. The Morgan fingerprint density at radius 2 is 2.03 bits per heavy atom. The lowest BCUT2D eigenvalue weighted by atomic mass is 10.0. The number of benzene rings is 1. The fourth-order valence-corrected chi connectivity index (χ4v) is 4.34. The van der Waals surface area contributed by atoms with E-state index in [0.717, 1.165) is 35.6 Å². The molecule has 2 aromatic heterocycles. The van der Waals surface area contributed by atoms with Gasteiger partial charge in [0.1, 0.15) is 0 Å². The number of carbonyl (C=O) groups excluding carboxylic acids is 1. The van der Waals surface area contributed by atoms with Crippen molar-refractivity contribution in [1.29, 1.82) is 0 Å². The van der Waals surface area contributed by atoms with Crippen LogP contribution in [0.25, 0.3) is 5.78 Å². The minimum Gasteiger partial charge on any atom is -0.366 e. The van der Waals surface area contributed by atoms with Crippen LogP contribution in [0, 0.1) is 13.8 Å². The molecule has 30 heavy (non-hydrogen) atoms. The third-order valence-electron chi connectivity index (χ3n) is 5.71. The molecule has 3 aromatic rings. The van der Waals surface area contributed by atoms with Gasteiger partial charge in [0.15, 0.2) is 0 Å². The Morgan fingerprint density at radius 3 is 2.77 bits per heavy atom. The number of nitrogen functional groups attached to an aromatic ring is 1. The molecule has 1 unspecified atom stereocenters. The van der Waals surface area contributed by atoms with E-state index in [4.69, 9.17) is 17.3 Å². The Balaban J connectivity index is 1.49. The molecule has 1 fully saturated rings. The Kier molecular flexibility index (Phi) is 5.87. The van der Waals surface area contributed by atoms with E-state index in [2.05, 4.69) is 31.3 Å².